The van der Waals surface area contributed by atoms with Crippen LogP contribution in [0.15, 0.2) is 59.3 Å². The highest BCUT2D eigenvalue weighted by molar-refractivity contribution is 5.77. The van der Waals surface area contributed by atoms with Gasteiger partial charge in [-0.2, -0.15) is 4.98 Å². The molecule has 1 aromatic carbocycles. The Balaban J connectivity index is 1.27. The van der Waals surface area contributed by atoms with E-state index in [4.69, 9.17) is 4.52 Å². The Morgan fingerprint density at radius 3 is 2.80 bits per heavy atom. The molecule has 1 amide bonds. The zero-order chi connectivity index (χ0) is 17.1. The van der Waals surface area contributed by atoms with Crippen molar-refractivity contribution in [2.75, 3.05) is 0 Å². The van der Waals surface area contributed by atoms with E-state index in [1.165, 1.54) is 5.56 Å². The van der Waals surface area contributed by atoms with Gasteiger partial charge in [0.2, 0.25) is 17.6 Å². The molecule has 126 valence electrons. The van der Waals surface area contributed by atoms with Crippen molar-refractivity contribution in [1.29, 1.82) is 0 Å². The maximum absolute atomic E-state index is 12.1. The lowest BCUT2D eigenvalue weighted by Gasteiger charge is -2.03. The molecule has 1 aliphatic rings. The minimum absolute atomic E-state index is 0.0148. The number of benzene rings is 1. The Kier molecular flexibility index (Phi) is 4.24. The Morgan fingerprint density at radius 1 is 1.16 bits per heavy atom. The first-order valence-corrected chi connectivity index (χ1v) is 8.38. The number of pyridine rings is 1. The van der Waals surface area contributed by atoms with Gasteiger partial charge >= 0.3 is 0 Å². The fraction of sp³-hybridized carbons (Fsp3) is 0.263. The molecule has 0 spiro atoms. The summed E-state index contributed by atoms with van der Waals surface area (Å²) in [7, 11) is 0. The molecule has 1 fully saturated rings. The second-order valence-corrected chi connectivity index (χ2v) is 6.15. The average Bonchev–Trinajstić information content (AvgIpc) is 3.26. The first-order chi connectivity index (χ1) is 12.3. The predicted octanol–water partition coefficient (Wildman–Crippen LogP) is 2.74. The van der Waals surface area contributed by atoms with E-state index in [1.54, 1.807) is 6.20 Å². The minimum Gasteiger partial charge on any atom is -0.353 e. The van der Waals surface area contributed by atoms with Gasteiger partial charge in [-0.25, -0.2) is 0 Å². The van der Waals surface area contributed by atoms with Crippen LogP contribution in [0.25, 0.3) is 11.5 Å². The van der Waals surface area contributed by atoms with Crippen molar-refractivity contribution in [2.24, 2.45) is 0 Å². The summed E-state index contributed by atoms with van der Waals surface area (Å²) < 4.78 is 5.20. The third kappa shape index (κ3) is 3.74. The number of rotatable bonds is 6. The van der Waals surface area contributed by atoms with E-state index in [0.29, 0.717) is 36.2 Å². The lowest BCUT2D eigenvalue weighted by atomic mass is 10.1. The molecule has 6 heteroatoms. The number of carbonyl (C=O) groups is 1. The second-order valence-electron chi connectivity index (χ2n) is 6.15. The maximum Gasteiger partial charge on any atom is 0.227 e. The van der Waals surface area contributed by atoms with Gasteiger partial charge in [-0.05, 0) is 24.1 Å². The van der Waals surface area contributed by atoms with Gasteiger partial charge in [-0.15, -0.1) is 0 Å². The normalized spacial score (nSPS) is 18.7. The Bertz CT molecular complexity index is 848. The average molecular weight is 334 g/mol. The van der Waals surface area contributed by atoms with Crippen molar-refractivity contribution in [1.82, 2.24) is 20.4 Å². The molecule has 2 aromatic heterocycles. The molecule has 0 saturated heterocycles. The molecule has 0 aliphatic heterocycles. The maximum atomic E-state index is 12.1. The standard InChI is InChI=1S/C19H18N4O2/c24-17(21-16-12-14(16)13-6-2-1-3-7-13)9-10-18-22-19(23-25-18)15-8-4-5-11-20-15/h1-8,11,14,16H,9-10,12H2,(H,21,24). The van der Waals surface area contributed by atoms with Crippen LogP contribution in [-0.4, -0.2) is 27.1 Å². The van der Waals surface area contributed by atoms with Crippen LogP contribution >= 0.6 is 0 Å². The molecule has 1 saturated carbocycles. The quantitative estimate of drug-likeness (QED) is 0.749. The first kappa shape index (κ1) is 15.5. The molecule has 1 aliphatic carbocycles. The van der Waals surface area contributed by atoms with Gasteiger partial charge in [0.05, 0.1) is 0 Å². The van der Waals surface area contributed by atoms with Crippen molar-refractivity contribution >= 4 is 5.91 Å². The minimum atomic E-state index is 0.0148. The third-order valence-electron chi connectivity index (χ3n) is 4.29. The van der Waals surface area contributed by atoms with E-state index in [1.807, 2.05) is 36.4 Å². The molecule has 3 aromatic rings. The molecule has 2 unspecified atom stereocenters. The van der Waals surface area contributed by atoms with E-state index in [2.05, 4.69) is 32.6 Å². The van der Waals surface area contributed by atoms with Gasteiger partial charge in [0, 0.05) is 31.0 Å². The number of nitrogens with zero attached hydrogens (tertiary/aromatic N) is 3. The highest BCUT2D eigenvalue weighted by Crippen LogP contribution is 2.40. The zero-order valence-corrected chi connectivity index (χ0v) is 13.6. The Hall–Kier alpha value is -3.02. The highest BCUT2D eigenvalue weighted by Gasteiger charge is 2.39. The summed E-state index contributed by atoms with van der Waals surface area (Å²) in [6.45, 7) is 0. The van der Waals surface area contributed by atoms with Crippen molar-refractivity contribution in [3.05, 3.63) is 66.2 Å². The zero-order valence-electron chi connectivity index (χ0n) is 13.6. The number of aryl methyl sites for hydroxylation is 1. The number of hydrogen-bond acceptors (Lipinski definition) is 5. The SMILES string of the molecule is O=C(CCc1nc(-c2ccccn2)no1)NC1CC1c1ccccc1. The summed E-state index contributed by atoms with van der Waals surface area (Å²) in [6, 6.07) is 16.0. The van der Waals surface area contributed by atoms with Crippen LogP contribution in [0.1, 0.15) is 30.2 Å². The van der Waals surface area contributed by atoms with Crippen LogP contribution in [0.3, 0.4) is 0 Å². The number of hydrogen-bond donors (Lipinski definition) is 1. The fourth-order valence-electron chi connectivity index (χ4n) is 2.88. The van der Waals surface area contributed by atoms with Gasteiger partial charge in [-0.1, -0.05) is 41.6 Å². The molecular formula is C19H18N4O2. The number of nitrogens with one attached hydrogen (secondary N) is 1. The van der Waals surface area contributed by atoms with Crippen molar-refractivity contribution in [2.45, 2.75) is 31.2 Å². The molecule has 6 nitrogen and oxygen atoms in total. The molecule has 2 heterocycles. The van der Waals surface area contributed by atoms with Crippen molar-refractivity contribution in [3.63, 3.8) is 0 Å². The van der Waals surface area contributed by atoms with Crippen molar-refractivity contribution < 1.29 is 9.32 Å². The predicted molar refractivity (Wildman–Crippen MR) is 91.6 cm³/mol. The lowest BCUT2D eigenvalue weighted by Crippen LogP contribution is -2.26. The first-order valence-electron chi connectivity index (χ1n) is 8.38. The summed E-state index contributed by atoms with van der Waals surface area (Å²) in [6.07, 6.45) is 3.44. The van der Waals surface area contributed by atoms with Crippen LogP contribution < -0.4 is 5.32 Å². The van der Waals surface area contributed by atoms with Gasteiger partial charge in [0.25, 0.3) is 0 Å². The highest BCUT2D eigenvalue weighted by atomic mass is 16.5. The Morgan fingerprint density at radius 2 is 2.00 bits per heavy atom. The van der Waals surface area contributed by atoms with Gasteiger partial charge in [-0.3, -0.25) is 9.78 Å². The van der Waals surface area contributed by atoms with Crippen LogP contribution in [0, 0.1) is 0 Å². The van der Waals surface area contributed by atoms with E-state index in [9.17, 15) is 4.79 Å². The van der Waals surface area contributed by atoms with Crippen molar-refractivity contribution in [3.8, 4) is 11.5 Å². The largest absolute Gasteiger partial charge is 0.353 e. The fourth-order valence-corrected chi connectivity index (χ4v) is 2.88. The molecule has 2 atom stereocenters. The molecule has 25 heavy (non-hydrogen) atoms. The van der Waals surface area contributed by atoms with Crippen LogP contribution in [0.5, 0.6) is 0 Å². The number of carbonyl (C=O) groups excluding carboxylic acids is 1. The number of aromatic nitrogens is 3. The summed E-state index contributed by atoms with van der Waals surface area (Å²) in [4.78, 5) is 20.6. The smallest absolute Gasteiger partial charge is 0.227 e. The van der Waals surface area contributed by atoms with E-state index in [0.717, 1.165) is 6.42 Å². The monoisotopic (exact) mass is 334 g/mol. The lowest BCUT2D eigenvalue weighted by molar-refractivity contribution is -0.121. The molecule has 1 N–H and O–H groups in total. The Labute approximate surface area is 145 Å². The van der Waals surface area contributed by atoms with E-state index >= 15 is 0 Å². The number of amides is 1. The van der Waals surface area contributed by atoms with E-state index in [-0.39, 0.29) is 11.9 Å². The molecule has 4 rings (SSSR count). The van der Waals surface area contributed by atoms with Gasteiger partial charge in [0.1, 0.15) is 5.69 Å². The summed E-state index contributed by atoms with van der Waals surface area (Å²) >= 11 is 0. The second kappa shape index (κ2) is 6.84. The van der Waals surface area contributed by atoms with Crippen LogP contribution in [0.2, 0.25) is 0 Å². The van der Waals surface area contributed by atoms with Crippen LogP contribution in [-0.2, 0) is 11.2 Å². The van der Waals surface area contributed by atoms with Gasteiger partial charge in [0.15, 0.2) is 0 Å². The summed E-state index contributed by atoms with van der Waals surface area (Å²) in [5, 5.41) is 6.98. The van der Waals surface area contributed by atoms with E-state index < -0.39 is 0 Å². The molecule has 0 bridgehead atoms. The third-order valence-corrected chi connectivity index (χ3v) is 4.29. The molecular weight excluding hydrogens is 316 g/mol. The molecule has 0 radical (unpaired) electrons. The summed E-state index contributed by atoms with van der Waals surface area (Å²) in [5.74, 6) is 1.35. The topological polar surface area (TPSA) is 80.9 Å². The van der Waals surface area contributed by atoms with Crippen LogP contribution in [0.4, 0.5) is 0 Å². The summed E-state index contributed by atoms with van der Waals surface area (Å²) in [5.41, 5.74) is 1.94. The van der Waals surface area contributed by atoms with Gasteiger partial charge < -0.3 is 9.84 Å².